The third kappa shape index (κ3) is 5.39. The lowest BCUT2D eigenvalue weighted by Crippen LogP contribution is -2.50. The number of carboxylic acids is 1. The van der Waals surface area contributed by atoms with Crippen LogP contribution < -0.4 is 10.1 Å². The Morgan fingerprint density at radius 2 is 1.82 bits per heavy atom. The predicted octanol–water partition coefficient (Wildman–Crippen LogP) is 5.71. The first kappa shape index (κ1) is 23.2. The number of benzene rings is 2. The molecular formula is C28H35NO5. The van der Waals surface area contributed by atoms with E-state index >= 15 is 0 Å². The summed E-state index contributed by atoms with van der Waals surface area (Å²) in [5, 5.41) is 13.3. The van der Waals surface area contributed by atoms with E-state index in [1.165, 1.54) is 12.8 Å². The molecule has 3 aliphatic rings. The van der Waals surface area contributed by atoms with Crippen molar-refractivity contribution in [3.8, 4) is 16.9 Å². The van der Waals surface area contributed by atoms with Crippen molar-refractivity contribution in [3.05, 3.63) is 47.5 Å². The van der Waals surface area contributed by atoms with Gasteiger partial charge in [0, 0.05) is 31.7 Å². The van der Waals surface area contributed by atoms with Crippen molar-refractivity contribution in [2.24, 2.45) is 0 Å². The highest BCUT2D eigenvalue weighted by Gasteiger charge is 2.40. The van der Waals surface area contributed by atoms with Crippen molar-refractivity contribution >= 4 is 11.7 Å². The normalized spacial score (nSPS) is 20.3. The molecule has 5 rings (SSSR count). The predicted molar refractivity (Wildman–Crippen MR) is 131 cm³/mol. The number of ether oxygens (including phenoxy) is 3. The molecule has 182 valence electrons. The third-order valence-electron chi connectivity index (χ3n) is 7.21. The van der Waals surface area contributed by atoms with Gasteiger partial charge in [-0.25, -0.2) is 4.79 Å². The SMILES string of the molecule is Cc1cc(OC2CC2)cc(-c2ccc(NC3(C(=O)O)CCOCC3)cc2COC2CCCC2)c1. The zero-order valence-corrected chi connectivity index (χ0v) is 20.0. The zero-order chi connectivity index (χ0) is 23.5. The van der Waals surface area contributed by atoms with E-state index in [1.807, 2.05) is 6.07 Å². The molecule has 2 aliphatic carbocycles. The number of rotatable bonds is 9. The first-order chi connectivity index (χ1) is 16.5. The van der Waals surface area contributed by atoms with Gasteiger partial charge in [0.05, 0.1) is 18.8 Å². The maximum absolute atomic E-state index is 12.2. The minimum atomic E-state index is -1.00. The van der Waals surface area contributed by atoms with Crippen LogP contribution in [0, 0.1) is 6.92 Å². The van der Waals surface area contributed by atoms with Gasteiger partial charge in [0.2, 0.25) is 0 Å². The van der Waals surface area contributed by atoms with Crippen LogP contribution >= 0.6 is 0 Å². The Hall–Kier alpha value is -2.57. The number of aliphatic carboxylic acids is 1. The van der Waals surface area contributed by atoms with E-state index in [0.29, 0.717) is 44.9 Å². The van der Waals surface area contributed by atoms with Gasteiger partial charge < -0.3 is 24.6 Å². The smallest absolute Gasteiger partial charge is 0.329 e. The number of carboxylic acid groups (broad SMARTS) is 1. The van der Waals surface area contributed by atoms with Crippen molar-refractivity contribution in [2.75, 3.05) is 18.5 Å². The van der Waals surface area contributed by atoms with Crippen LogP contribution in [-0.2, 0) is 20.9 Å². The highest BCUT2D eigenvalue weighted by molar-refractivity contribution is 5.83. The van der Waals surface area contributed by atoms with Gasteiger partial charge in [0.1, 0.15) is 11.3 Å². The van der Waals surface area contributed by atoms with Crippen LogP contribution in [0.2, 0.25) is 0 Å². The van der Waals surface area contributed by atoms with Crippen molar-refractivity contribution in [3.63, 3.8) is 0 Å². The summed E-state index contributed by atoms with van der Waals surface area (Å²) < 4.78 is 17.8. The molecule has 0 aromatic heterocycles. The molecular weight excluding hydrogens is 430 g/mol. The van der Waals surface area contributed by atoms with E-state index in [4.69, 9.17) is 14.2 Å². The van der Waals surface area contributed by atoms with Gasteiger partial charge in [-0.15, -0.1) is 0 Å². The minimum Gasteiger partial charge on any atom is -0.490 e. The molecule has 0 radical (unpaired) electrons. The third-order valence-corrected chi connectivity index (χ3v) is 7.21. The molecule has 6 nitrogen and oxygen atoms in total. The number of anilines is 1. The molecule has 0 unspecified atom stereocenters. The molecule has 2 N–H and O–H groups in total. The molecule has 0 bridgehead atoms. The van der Waals surface area contributed by atoms with Gasteiger partial charge in [-0.2, -0.15) is 0 Å². The molecule has 2 aromatic rings. The average Bonchev–Trinajstić information content (AvgIpc) is 3.48. The summed E-state index contributed by atoms with van der Waals surface area (Å²) in [7, 11) is 0. The molecule has 1 aliphatic heterocycles. The Balaban J connectivity index is 1.45. The fraction of sp³-hybridized carbons (Fsp3) is 0.536. The van der Waals surface area contributed by atoms with Crippen molar-refractivity contribution in [2.45, 2.75) is 82.6 Å². The maximum atomic E-state index is 12.2. The number of aryl methyl sites for hydroxylation is 1. The van der Waals surface area contributed by atoms with Crippen molar-refractivity contribution in [1.82, 2.24) is 0 Å². The summed E-state index contributed by atoms with van der Waals surface area (Å²) in [4.78, 5) is 12.2. The van der Waals surface area contributed by atoms with Crippen molar-refractivity contribution < 1.29 is 24.1 Å². The van der Waals surface area contributed by atoms with E-state index in [9.17, 15) is 9.90 Å². The second kappa shape index (κ2) is 9.96. The Labute approximate surface area is 201 Å². The van der Waals surface area contributed by atoms with Gasteiger partial charge in [-0.05, 0) is 79.1 Å². The summed E-state index contributed by atoms with van der Waals surface area (Å²) in [6, 6.07) is 12.5. The Kier molecular flexibility index (Phi) is 6.79. The number of hydrogen-bond acceptors (Lipinski definition) is 5. The van der Waals surface area contributed by atoms with Crippen LogP contribution in [0.3, 0.4) is 0 Å². The molecule has 2 aromatic carbocycles. The van der Waals surface area contributed by atoms with Crippen LogP contribution in [-0.4, -0.2) is 42.0 Å². The average molecular weight is 466 g/mol. The largest absolute Gasteiger partial charge is 0.490 e. The van der Waals surface area contributed by atoms with E-state index in [2.05, 4.69) is 42.6 Å². The maximum Gasteiger partial charge on any atom is 0.329 e. The summed E-state index contributed by atoms with van der Waals surface area (Å²) in [5.74, 6) is 0.0820. The van der Waals surface area contributed by atoms with Gasteiger partial charge in [0.15, 0.2) is 0 Å². The fourth-order valence-corrected chi connectivity index (χ4v) is 5.07. The lowest BCUT2D eigenvalue weighted by molar-refractivity contribution is -0.145. The van der Waals surface area contributed by atoms with Crippen LogP contribution in [0.5, 0.6) is 5.75 Å². The van der Waals surface area contributed by atoms with Crippen LogP contribution in [0.25, 0.3) is 11.1 Å². The number of carbonyl (C=O) groups is 1. The summed E-state index contributed by atoms with van der Waals surface area (Å²) in [5.41, 5.74) is 4.23. The lowest BCUT2D eigenvalue weighted by atomic mass is 9.89. The Bertz CT molecular complexity index is 1020. The van der Waals surface area contributed by atoms with E-state index < -0.39 is 11.5 Å². The summed E-state index contributed by atoms with van der Waals surface area (Å²) >= 11 is 0. The standard InChI is InChI=1S/C28H35NO5/c1-19-14-20(17-25(15-19)34-24-7-8-24)26-9-6-22(16-21(26)18-33-23-4-2-3-5-23)29-28(27(30)31)10-12-32-13-11-28/h6,9,14-17,23-24,29H,2-5,7-8,10-13,18H2,1H3,(H,30,31). The molecule has 34 heavy (non-hydrogen) atoms. The number of hydrogen-bond donors (Lipinski definition) is 2. The quantitative estimate of drug-likeness (QED) is 0.494. The molecule has 0 atom stereocenters. The van der Waals surface area contributed by atoms with Crippen LogP contribution in [0.15, 0.2) is 36.4 Å². The molecule has 0 amide bonds. The van der Waals surface area contributed by atoms with E-state index in [-0.39, 0.29) is 0 Å². The first-order valence-electron chi connectivity index (χ1n) is 12.6. The highest BCUT2D eigenvalue weighted by Crippen LogP contribution is 2.35. The van der Waals surface area contributed by atoms with Crippen LogP contribution in [0.1, 0.15) is 62.5 Å². The molecule has 1 saturated heterocycles. The van der Waals surface area contributed by atoms with Gasteiger partial charge in [-0.1, -0.05) is 25.0 Å². The Morgan fingerprint density at radius 3 is 2.53 bits per heavy atom. The van der Waals surface area contributed by atoms with Crippen molar-refractivity contribution in [1.29, 1.82) is 0 Å². The topological polar surface area (TPSA) is 77.0 Å². The monoisotopic (exact) mass is 465 g/mol. The number of nitrogens with one attached hydrogen (secondary N) is 1. The van der Waals surface area contributed by atoms with Gasteiger partial charge in [0.25, 0.3) is 0 Å². The fourth-order valence-electron chi connectivity index (χ4n) is 5.07. The summed E-state index contributed by atoms with van der Waals surface area (Å²) in [6.07, 6.45) is 8.45. The summed E-state index contributed by atoms with van der Waals surface area (Å²) in [6.45, 7) is 3.49. The van der Waals surface area contributed by atoms with Gasteiger partial charge >= 0.3 is 5.97 Å². The second-order valence-electron chi connectivity index (χ2n) is 10.1. The van der Waals surface area contributed by atoms with Gasteiger partial charge in [-0.3, -0.25) is 0 Å². The van der Waals surface area contributed by atoms with Crippen LogP contribution in [0.4, 0.5) is 5.69 Å². The molecule has 6 heteroatoms. The molecule has 1 heterocycles. The molecule has 2 saturated carbocycles. The molecule has 0 spiro atoms. The first-order valence-corrected chi connectivity index (χ1v) is 12.6. The van der Waals surface area contributed by atoms with E-state index in [1.54, 1.807) is 0 Å². The zero-order valence-electron chi connectivity index (χ0n) is 20.0. The highest BCUT2D eigenvalue weighted by atomic mass is 16.5. The van der Waals surface area contributed by atoms with E-state index in [0.717, 1.165) is 59.4 Å². The lowest BCUT2D eigenvalue weighted by Gasteiger charge is -2.35. The molecule has 3 fully saturated rings. The Morgan fingerprint density at radius 1 is 1.06 bits per heavy atom. The minimum absolute atomic E-state index is 0.302. The second-order valence-corrected chi connectivity index (χ2v) is 10.1.